The Bertz CT molecular complexity index is 965. The lowest BCUT2D eigenvalue weighted by Crippen LogP contribution is -2.40. The Morgan fingerprint density at radius 1 is 1.00 bits per heavy atom. The highest BCUT2D eigenvalue weighted by atomic mass is 32.2. The van der Waals surface area contributed by atoms with E-state index >= 15 is 0 Å². The van der Waals surface area contributed by atoms with Gasteiger partial charge in [-0.05, 0) is 49.1 Å². The summed E-state index contributed by atoms with van der Waals surface area (Å²) in [6.07, 6.45) is 1.42. The van der Waals surface area contributed by atoms with E-state index < -0.39 is 10.0 Å². The van der Waals surface area contributed by atoms with Gasteiger partial charge in [-0.1, -0.05) is 24.3 Å². The minimum absolute atomic E-state index is 0.127. The van der Waals surface area contributed by atoms with Crippen LogP contribution < -0.4 is 4.31 Å². The molecule has 2 aliphatic rings. The minimum Gasteiger partial charge on any atom is -0.393 e. The maximum Gasteiger partial charge on any atom is 0.264 e. The van der Waals surface area contributed by atoms with Crippen molar-refractivity contribution in [2.45, 2.75) is 30.3 Å². The van der Waals surface area contributed by atoms with Gasteiger partial charge in [0.1, 0.15) is 0 Å². The number of hydrogen-bond donors (Lipinski definition) is 1. The van der Waals surface area contributed by atoms with Crippen LogP contribution in [0.3, 0.4) is 0 Å². The highest BCUT2D eigenvalue weighted by Crippen LogP contribution is 2.32. The first-order valence-corrected chi connectivity index (χ1v) is 10.6. The number of benzene rings is 2. The molecule has 0 aliphatic carbocycles. The molecule has 2 heterocycles. The van der Waals surface area contributed by atoms with Crippen LogP contribution >= 0.6 is 0 Å². The standard InChI is InChI=1S/C20H22N2O4S/c23-17-9-11-21(12-10-17)20(24)16-5-3-6-18(14-16)27(25,26)22-13-8-15-4-1-2-7-19(15)22/h1-7,14,17,23H,8-13H2. The second-order valence-electron chi connectivity index (χ2n) is 7.01. The maximum absolute atomic E-state index is 13.2. The molecular weight excluding hydrogens is 364 g/mol. The number of aliphatic hydroxyl groups excluding tert-OH is 1. The molecule has 0 bridgehead atoms. The Kier molecular flexibility index (Phi) is 4.65. The third-order valence-electron chi connectivity index (χ3n) is 5.27. The predicted molar refractivity (Wildman–Crippen MR) is 102 cm³/mol. The van der Waals surface area contributed by atoms with Crippen molar-refractivity contribution in [1.29, 1.82) is 0 Å². The van der Waals surface area contributed by atoms with Crippen molar-refractivity contribution in [3.8, 4) is 0 Å². The first-order chi connectivity index (χ1) is 13.0. The average molecular weight is 386 g/mol. The van der Waals surface area contributed by atoms with Crippen molar-refractivity contribution in [2.24, 2.45) is 0 Å². The smallest absolute Gasteiger partial charge is 0.264 e. The zero-order chi connectivity index (χ0) is 19.0. The van der Waals surface area contributed by atoms with E-state index in [0.717, 1.165) is 5.56 Å². The number of anilines is 1. The van der Waals surface area contributed by atoms with Crippen LogP contribution in [0.4, 0.5) is 5.69 Å². The van der Waals surface area contributed by atoms with Crippen molar-refractivity contribution < 1.29 is 18.3 Å². The topological polar surface area (TPSA) is 77.9 Å². The van der Waals surface area contributed by atoms with Gasteiger partial charge in [0, 0.05) is 25.2 Å². The lowest BCUT2D eigenvalue weighted by Gasteiger charge is -2.29. The van der Waals surface area contributed by atoms with E-state index in [4.69, 9.17) is 0 Å². The average Bonchev–Trinajstić information content (AvgIpc) is 3.13. The number of nitrogens with zero attached hydrogens (tertiary/aromatic N) is 2. The molecule has 2 aliphatic heterocycles. The number of fused-ring (bicyclic) bond motifs is 1. The number of piperidine rings is 1. The fraction of sp³-hybridized carbons (Fsp3) is 0.350. The number of aliphatic hydroxyl groups is 1. The van der Waals surface area contributed by atoms with Gasteiger partial charge >= 0.3 is 0 Å². The number of rotatable bonds is 3. The van der Waals surface area contributed by atoms with Gasteiger partial charge in [-0.2, -0.15) is 0 Å². The van der Waals surface area contributed by atoms with Crippen LogP contribution in [-0.2, 0) is 16.4 Å². The fourth-order valence-corrected chi connectivity index (χ4v) is 5.28. The van der Waals surface area contributed by atoms with Gasteiger partial charge in [-0.15, -0.1) is 0 Å². The summed E-state index contributed by atoms with van der Waals surface area (Å²) < 4.78 is 27.7. The van der Waals surface area contributed by atoms with E-state index in [1.807, 2.05) is 24.3 Å². The third kappa shape index (κ3) is 3.33. The Hall–Kier alpha value is -2.38. The quantitative estimate of drug-likeness (QED) is 0.876. The summed E-state index contributed by atoms with van der Waals surface area (Å²) in [5, 5.41) is 9.61. The highest BCUT2D eigenvalue weighted by molar-refractivity contribution is 7.92. The molecule has 0 aromatic heterocycles. The van der Waals surface area contributed by atoms with Gasteiger partial charge in [0.25, 0.3) is 15.9 Å². The second-order valence-corrected chi connectivity index (χ2v) is 8.87. The van der Waals surface area contributed by atoms with E-state index in [2.05, 4.69) is 0 Å². The summed E-state index contributed by atoms with van der Waals surface area (Å²) in [6, 6.07) is 13.7. The molecule has 7 heteroatoms. The molecular formula is C20H22N2O4S. The molecule has 1 N–H and O–H groups in total. The summed E-state index contributed by atoms with van der Waals surface area (Å²) in [4.78, 5) is 14.5. The molecule has 27 heavy (non-hydrogen) atoms. The van der Waals surface area contributed by atoms with Crippen LogP contribution in [0.1, 0.15) is 28.8 Å². The number of hydrogen-bond acceptors (Lipinski definition) is 4. The van der Waals surface area contributed by atoms with Crippen LogP contribution in [0, 0.1) is 0 Å². The first-order valence-electron chi connectivity index (χ1n) is 9.15. The number of para-hydroxylation sites is 1. The fourth-order valence-electron chi connectivity index (χ4n) is 3.73. The molecule has 1 fully saturated rings. The van der Waals surface area contributed by atoms with Crippen LogP contribution in [-0.4, -0.2) is 50.1 Å². The summed E-state index contributed by atoms with van der Waals surface area (Å²) in [5.74, 6) is -0.194. The SMILES string of the molecule is O=C(c1cccc(S(=O)(=O)N2CCc3ccccc32)c1)N1CCC(O)CC1. The predicted octanol–water partition coefficient (Wildman–Crippen LogP) is 2.03. The van der Waals surface area contributed by atoms with Crippen molar-refractivity contribution in [1.82, 2.24) is 4.90 Å². The summed E-state index contributed by atoms with van der Waals surface area (Å²) in [7, 11) is -3.73. The second kappa shape index (κ2) is 6.98. The van der Waals surface area contributed by atoms with E-state index in [1.165, 1.54) is 16.4 Å². The molecule has 0 saturated carbocycles. The van der Waals surface area contributed by atoms with Gasteiger partial charge < -0.3 is 10.0 Å². The van der Waals surface area contributed by atoms with Gasteiger partial charge in [0.2, 0.25) is 0 Å². The van der Waals surface area contributed by atoms with E-state index in [-0.39, 0.29) is 16.9 Å². The van der Waals surface area contributed by atoms with Gasteiger partial charge in [-0.25, -0.2) is 8.42 Å². The monoisotopic (exact) mass is 386 g/mol. The summed E-state index contributed by atoms with van der Waals surface area (Å²) in [5.41, 5.74) is 2.08. The largest absolute Gasteiger partial charge is 0.393 e. The molecule has 6 nitrogen and oxygen atoms in total. The first kappa shape index (κ1) is 18.0. The normalized spacial score (nSPS) is 17.8. The molecule has 142 valence electrons. The molecule has 0 unspecified atom stereocenters. The van der Waals surface area contributed by atoms with E-state index in [0.29, 0.717) is 50.1 Å². The number of carbonyl (C=O) groups is 1. The lowest BCUT2D eigenvalue weighted by atomic mass is 10.1. The molecule has 4 rings (SSSR count). The zero-order valence-corrected chi connectivity index (χ0v) is 15.7. The van der Waals surface area contributed by atoms with Gasteiger partial charge in [0.05, 0.1) is 16.7 Å². The Balaban J connectivity index is 1.62. The van der Waals surface area contributed by atoms with Gasteiger partial charge in [0.15, 0.2) is 0 Å². The van der Waals surface area contributed by atoms with Crippen molar-refractivity contribution in [3.05, 3.63) is 59.7 Å². The van der Waals surface area contributed by atoms with Crippen LogP contribution in [0.25, 0.3) is 0 Å². The Labute approximate surface area is 159 Å². The zero-order valence-electron chi connectivity index (χ0n) is 14.9. The van der Waals surface area contributed by atoms with Gasteiger partial charge in [-0.3, -0.25) is 9.10 Å². The summed E-state index contributed by atoms with van der Waals surface area (Å²) >= 11 is 0. The Morgan fingerprint density at radius 2 is 1.74 bits per heavy atom. The Morgan fingerprint density at radius 3 is 2.52 bits per heavy atom. The molecule has 1 saturated heterocycles. The van der Waals surface area contributed by atoms with Crippen LogP contribution in [0.15, 0.2) is 53.4 Å². The number of amides is 1. The highest BCUT2D eigenvalue weighted by Gasteiger charge is 2.31. The van der Waals surface area contributed by atoms with Crippen LogP contribution in [0.2, 0.25) is 0 Å². The van der Waals surface area contributed by atoms with E-state index in [9.17, 15) is 18.3 Å². The molecule has 2 aromatic carbocycles. The minimum atomic E-state index is -3.73. The van der Waals surface area contributed by atoms with Crippen molar-refractivity contribution in [2.75, 3.05) is 23.9 Å². The maximum atomic E-state index is 13.2. The number of sulfonamides is 1. The van der Waals surface area contributed by atoms with Crippen molar-refractivity contribution in [3.63, 3.8) is 0 Å². The third-order valence-corrected chi connectivity index (χ3v) is 7.07. The molecule has 1 amide bonds. The van der Waals surface area contributed by atoms with Crippen molar-refractivity contribution >= 4 is 21.6 Å². The summed E-state index contributed by atoms with van der Waals surface area (Å²) in [6.45, 7) is 1.37. The molecule has 0 atom stereocenters. The van der Waals surface area contributed by atoms with E-state index in [1.54, 1.807) is 17.0 Å². The number of likely N-dealkylation sites (tertiary alicyclic amines) is 1. The molecule has 0 spiro atoms. The number of carbonyl (C=O) groups excluding carboxylic acids is 1. The molecule has 0 radical (unpaired) electrons. The van der Waals surface area contributed by atoms with Crippen LogP contribution in [0.5, 0.6) is 0 Å². The lowest BCUT2D eigenvalue weighted by molar-refractivity contribution is 0.0546. The molecule has 2 aromatic rings.